The van der Waals surface area contributed by atoms with Crippen LogP contribution < -0.4 is 16.4 Å². The van der Waals surface area contributed by atoms with Gasteiger partial charge in [0.2, 0.25) is 11.8 Å². The third-order valence-electron chi connectivity index (χ3n) is 4.42. The van der Waals surface area contributed by atoms with Gasteiger partial charge in [-0.1, -0.05) is 18.6 Å². The number of nitrogens with zero attached hydrogens (tertiary/aromatic N) is 1. The van der Waals surface area contributed by atoms with Gasteiger partial charge in [0, 0.05) is 12.6 Å². The predicted octanol–water partition coefficient (Wildman–Crippen LogP) is 0.691. The van der Waals surface area contributed by atoms with Crippen molar-refractivity contribution >= 4 is 29.8 Å². The first kappa shape index (κ1) is 29.8. The molecule has 0 radical (unpaired) electrons. The Morgan fingerprint density at radius 1 is 1.17 bits per heavy atom. The molecule has 0 aliphatic rings. The van der Waals surface area contributed by atoms with Crippen molar-refractivity contribution in [2.45, 2.75) is 58.2 Å². The van der Waals surface area contributed by atoms with E-state index in [4.69, 9.17) is 21.6 Å². The molecule has 0 saturated heterocycles. The lowest BCUT2D eigenvalue weighted by Gasteiger charge is -2.30. The van der Waals surface area contributed by atoms with Gasteiger partial charge in [0.1, 0.15) is 23.4 Å². The minimum Gasteiger partial charge on any atom is -0.508 e. The molecule has 4 amide bonds. The molecule has 0 bridgehead atoms. The number of carbonyl (C=O) groups is 5. The largest absolute Gasteiger partial charge is 0.508 e. The van der Waals surface area contributed by atoms with Crippen LogP contribution in [0.3, 0.4) is 0 Å². The van der Waals surface area contributed by atoms with Gasteiger partial charge in [-0.3, -0.25) is 24.1 Å². The second-order valence-corrected chi connectivity index (χ2v) is 8.55. The summed E-state index contributed by atoms with van der Waals surface area (Å²) in [4.78, 5) is 62.7. The summed E-state index contributed by atoms with van der Waals surface area (Å²) in [6.45, 7) is 6.52. The van der Waals surface area contributed by atoms with E-state index < -0.39 is 53.9 Å². The Bertz CT molecular complexity index is 995. The van der Waals surface area contributed by atoms with Crippen molar-refractivity contribution in [2.24, 2.45) is 5.73 Å². The molecule has 36 heavy (non-hydrogen) atoms. The maximum Gasteiger partial charge on any atom is 0.408 e. The molecule has 1 rings (SSSR count). The molecule has 2 unspecified atom stereocenters. The van der Waals surface area contributed by atoms with Crippen LogP contribution in [0.5, 0.6) is 5.75 Å². The lowest BCUT2D eigenvalue weighted by molar-refractivity contribution is -0.143. The normalized spacial score (nSPS) is 12.3. The van der Waals surface area contributed by atoms with Gasteiger partial charge in [-0.15, -0.1) is 0 Å². The number of aromatic hydroxyl groups is 1. The Balaban J connectivity index is 3.27. The summed E-state index contributed by atoms with van der Waals surface area (Å²) in [7, 11) is 0. The van der Waals surface area contributed by atoms with Crippen LogP contribution in [0.4, 0.5) is 4.79 Å². The van der Waals surface area contributed by atoms with Gasteiger partial charge in [0.15, 0.2) is 0 Å². The number of hydrogen-bond acceptors (Lipinski definition) is 8. The first-order valence-corrected chi connectivity index (χ1v) is 11.1. The number of primary amides is 1. The molecule has 0 spiro atoms. The summed E-state index contributed by atoms with van der Waals surface area (Å²) in [5.41, 5.74) is 4.57. The fourth-order valence-electron chi connectivity index (χ4n) is 2.98. The van der Waals surface area contributed by atoms with E-state index in [1.165, 1.54) is 24.3 Å². The summed E-state index contributed by atoms with van der Waals surface area (Å²) >= 11 is 0. The minimum atomic E-state index is -1.54. The number of alkyl carbamates (subject to hydrolysis) is 1. The summed E-state index contributed by atoms with van der Waals surface area (Å²) in [5, 5.41) is 14.4. The monoisotopic (exact) mass is 504 g/mol. The van der Waals surface area contributed by atoms with Crippen LogP contribution >= 0.6 is 0 Å². The quantitative estimate of drug-likeness (QED) is 0.193. The molecule has 1 aromatic carbocycles. The molecule has 12 nitrogen and oxygen atoms in total. The van der Waals surface area contributed by atoms with Crippen LogP contribution in [0.2, 0.25) is 0 Å². The number of phenolic OH excluding ortho intramolecular Hbond substituents is 1. The number of amides is 4. The second kappa shape index (κ2) is 13.6. The van der Waals surface area contributed by atoms with Crippen LogP contribution in [-0.4, -0.2) is 64.6 Å². The summed E-state index contributed by atoms with van der Waals surface area (Å²) in [6, 6.07) is 4.44. The number of nitrogens with two attached hydrogens (primary N) is 1. The molecular weight excluding hydrogens is 472 g/mol. The van der Waals surface area contributed by atoms with Crippen LogP contribution in [-0.2, 0) is 28.7 Å². The number of carbonyl (C=O) groups excluding carboxylic acids is 5. The molecule has 0 heterocycles. The highest BCUT2D eigenvalue weighted by Crippen LogP contribution is 2.24. The summed E-state index contributed by atoms with van der Waals surface area (Å²) in [5.74, 6) is -3.29. The van der Waals surface area contributed by atoms with Gasteiger partial charge >= 0.3 is 12.1 Å². The molecule has 2 atom stereocenters. The first-order valence-electron chi connectivity index (χ1n) is 11.1. The standard InChI is InChI=1S/C24H32N4O8/c1-6-28(22(33)17(14-18(25)30)27-23(34)36-24(3,4)5)20(15-8-10-16(29)11-9-15)21(32)26-13-12-19(31)35-7-2/h1,8-11,17,20,29H,7,12-14H2,2-5H3,(H2,25,30)(H,26,32)(H,27,34). The van der Waals surface area contributed by atoms with Crippen LogP contribution in [0.25, 0.3) is 0 Å². The van der Waals surface area contributed by atoms with Gasteiger partial charge in [0.05, 0.1) is 19.4 Å². The van der Waals surface area contributed by atoms with Gasteiger partial charge in [-0.25, -0.2) is 4.79 Å². The molecule has 0 aliphatic heterocycles. The smallest absolute Gasteiger partial charge is 0.408 e. The zero-order chi connectivity index (χ0) is 27.5. The zero-order valence-electron chi connectivity index (χ0n) is 20.7. The van der Waals surface area contributed by atoms with Gasteiger partial charge in [0.25, 0.3) is 5.91 Å². The van der Waals surface area contributed by atoms with Crippen molar-refractivity contribution in [3.8, 4) is 18.2 Å². The van der Waals surface area contributed by atoms with Crippen molar-refractivity contribution in [1.29, 1.82) is 0 Å². The Labute approximate surface area is 209 Å². The van der Waals surface area contributed by atoms with Crippen LogP contribution in [0, 0.1) is 12.5 Å². The minimum absolute atomic E-state index is 0.1000. The Hall–Kier alpha value is -4.27. The van der Waals surface area contributed by atoms with E-state index in [-0.39, 0.29) is 30.9 Å². The molecule has 196 valence electrons. The van der Waals surface area contributed by atoms with E-state index in [0.717, 1.165) is 0 Å². The number of nitrogens with one attached hydrogen (secondary N) is 2. The lowest BCUT2D eigenvalue weighted by atomic mass is 10.0. The van der Waals surface area contributed by atoms with E-state index in [2.05, 4.69) is 16.7 Å². The van der Waals surface area contributed by atoms with E-state index in [0.29, 0.717) is 4.90 Å². The molecule has 12 heteroatoms. The number of esters is 1. The average molecular weight is 505 g/mol. The predicted molar refractivity (Wildman–Crippen MR) is 128 cm³/mol. The number of phenols is 1. The third-order valence-corrected chi connectivity index (χ3v) is 4.42. The van der Waals surface area contributed by atoms with Gasteiger partial charge in [-0.05, 0) is 45.4 Å². The maximum atomic E-state index is 13.4. The fraction of sp³-hybridized carbons (Fsp3) is 0.458. The number of terminal acetylenes is 1. The summed E-state index contributed by atoms with van der Waals surface area (Å²) in [6.07, 6.45) is 3.84. The third kappa shape index (κ3) is 9.92. The number of ether oxygens (including phenoxy) is 2. The van der Waals surface area contributed by atoms with Gasteiger partial charge < -0.3 is 30.9 Å². The molecular formula is C24H32N4O8. The SMILES string of the molecule is C#CN(C(=O)C(CC(N)=O)NC(=O)OC(C)(C)C)C(C(=O)NCCC(=O)OCC)c1ccc(O)cc1. The second-order valence-electron chi connectivity index (χ2n) is 8.55. The van der Waals surface area contributed by atoms with Crippen LogP contribution in [0.1, 0.15) is 52.1 Å². The molecule has 5 N–H and O–H groups in total. The lowest BCUT2D eigenvalue weighted by Crippen LogP contribution is -2.52. The molecule has 0 fully saturated rings. The topological polar surface area (TPSA) is 177 Å². The first-order chi connectivity index (χ1) is 16.8. The maximum absolute atomic E-state index is 13.4. The van der Waals surface area contributed by atoms with Crippen molar-refractivity contribution < 1.29 is 38.6 Å². The molecule has 0 saturated carbocycles. The van der Waals surface area contributed by atoms with E-state index in [9.17, 15) is 29.1 Å². The van der Waals surface area contributed by atoms with E-state index in [1.807, 2.05) is 0 Å². The van der Waals surface area contributed by atoms with E-state index >= 15 is 0 Å². The molecule has 1 aromatic rings. The fourth-order valence-corrected chi connectivity index (χ4v) is 2.98. The van der Waals surface area contributed by atoms with Crippen molar-refractivity contribution in [3.63, 3.8) is 0 Å². The average Bonchev–Trinajstić information content (AvgIpc) is 2.75. The van der Waals surface area contributed by atoms with E-state index in [1.54, 1.807) is 27.7 Å². The van der Waals surface area contributed by atoms with Crippen molar-refractivity contribution in [1.82, 2.24) is 15.5 Å². The highest BCUT2D eigenvalue weighted by atomic mass is 16.6. The molecule has 0 aromatic heterocycles. The van der Waals surface area contributed by atoms with Crippen molar-refractivity contribution in [2.75, 3.05) is 13.2 Å². The Morgan fingerprint density at radius 3 is 2.28 bits per heavy atom. The van der Waals surface area contributed by atoms with Gasteiger partial charge in [-0.2, -0.15) is 0 Å². The zero-order valence-corrected chi connectivity index (χ0v) is 20.7. The highest BCUT2D eigenvalue weighted by molar-refractivity contribution is 5.95. The van der Waals surface area contributed by atoms with Crippen molar-refractivity contribution in [3.05, 3.63) is 29.8 Å². The Morgan fingerprint density at radius 2 is 1.78 bits per heavy atom. The Kier molecular flexibility index (Phi) is 11.2. The number of hydrogen-bond donors (Lipinski definition) is 4. The number of benzene rings is 1. The summed E-state index contributed by atoms with van der Waals surface area (Å²) < 4.78 is 9.96. The highest BCUT2D eigenvalue weighted by Gasteiger charge is 2.36. The molecule has 0 aliphatic carbocycles. The van der Waals surface area contributed by atoms with Crippen LogP contribution in [0.15, 0.2) is 24.3 Å². The number of rotatable bonds is 11.